The first-order chi connectivity index (χ1) is 7.49. The second kappa shape index (κ2) is 5.94. The fraction of sp³-hybridized carbons (Fsp3) is 0.538. The van der Waals surface area contributed by atoms with Gasteiger partial charge in [-0.05, 0) is 48.9 Å². The Morgan fingerprint density at radius 2 is 1.88 bits per heavy atom. The van der Waals surface area contributed by atoms with Gasteiger partial charge in [-0.1, -0.05) is 13.8 Å². The zero-order valence-electron chi connectivity index (χ0n) is 9.84. The molecule has 2 N–H and O–H groups in total. The molecule has 1 aromatic carbocycles. The lowest BCUT2D eigenvalue weighted by atomic mass is 9.98. The Balaban J connectivity index is 2.55. The van der Waals surface area contributed by atoms with E-state index in [2.05, 4.69) is 13.8 Å². The van der Waals surface area contributed by atoms with E-state index in [-0.39, 0.29) is 11.9 Å². The summed E-state index contributed by atoms with van der Waals surface area (Å²) in [4.78, 5) is 0. The number of nitrogens with two attached hydrogens (primary N) is 1. The molecule has 0 aliphatic heterocycles. The van der Waals surface area contributed by atoms with E-state index in [1.807, 2.05) is 0 Å². The van der Waals surface area contributed by atoms with Crippen LogP contribution in [-0.4, -0.2) is 6.04 Å². The van der Waals surface area contributed by atoms with Crippen LogP contribution in [-0.2, 0) is 6.42 Å². The van der Waals surface area contributed by atoms with Crippen LogP contribution in [0.2, 0.25) is 0 Å². The lowest BCUT2D eigenvalue weighted by molar-refractivity contribution is 0.486. The standard InChI is InChI=1S/C13H19F2N/c1-9(2)3-5-12(16)8-10-7-11(14)4-6-13(10)15/h4,6-7,9,12H,3,5,8,16H2,1-2H3. The van der Waals surface area contributed by atoms with Gasteiger partial charge in [-0.3, -0.25) is 0 Å². The van der Waals surface area contributed by atoms with E-state index in [0.29, 0.717) is 17.9 Å². The van der Waals surface area contributed by atoms with Crippen LogP contribution in [0.15, 0.2) is 18.2 Å². The summed E-state index contributed by atoms with van der Waals surface area (Å²) >= 11 is 0. The van der Waals surface area contributed by atoms with Crippen molar-refractivity contribution in [2.24, 2.45) is 11.7 Å². The Morgan fingerprint density at radius 3 is 2.50 bits per heavy atom. The van der Waals surface area contributed by atoms with Gasteiger partial charge in [-0.2, -0.15) is 0 Å². The summed E-state index contributed by atoms with van der Waals surface area (Å²) in [5.41, 5.74) is 6.26. The van der Waals surface area contributed by atoms with E-state index in [9.17, 15) is 8.78 Å². The van der Waals surface area contributed by atoms with Gasteiger partial charge in [0.15, 0.2) is 0 Å². The smallest absolute Gasteiger partial charge is 0.126 e. The van der Waals surface area contributed by atoms with Crippen molar-refractivity contribution in [1.82, 2.24) is 0 Å². The average Bonchev–Trinajstić information content (AvgIpc) is 2.20. The largest absolute Gasteiger partial charge is 0.327 e. The molecule has 0 spiro atoms. The maximum Gasteiger partial charge on any atom is 0.126 e. The Morgan fingerprint density at radius 1 is 1.19 bits per heavy atom. The zero-order valence-corrected chi connectivity index (χ0v) is 9.84. The molecule has 90 valence electrons. The van der Waals surface area contributed by atoms with Crippen molar-refractivity contribution in [2.45, 2.75) is 39.2 Å². The van der Waals surface area contributed by atoms with Gasteiger partial charge in [0.1, 0.15) is 11.6 Å². The molecule has 1 unspecified atom stereocenters. The zero-order chi connectivity index (χ0) is 12.1. The monoisotopic (exact) mass is 227 g/mol. The van der Waals surface area contributed by atoms with Crippen LogP contribution in [0.25, 0.3) is 0 Å². The molecule has 0 aliphatic carbocycles. The second-order valence-corrected chi connectivity index (χ2v) is 4.67. The van der Waals surface area contributed by atoms with Crippen LogP contribution in [0.4, 0.5) is 8.78 Å². The predicted molar refractivity (Wildman–Crippen MR) is 62.1 cm³/mol. The van der Waals surface area contributed by atoms with Gasteiger partial charge in [-0.25, -0.2) is 8.78 Å². The summed E-state index contributed by atoms with van der Waals surface area (Å²) in [5.74, 6) is -0.197. The fourth-order valence-corrected chi connectivity index (χ4v) is 1.63. The maximum atomic E-state index is 13.3. The minimum atomic E-state index is -0.410. The normalized spacial score (nSPS) is 13.1. The average molecular weight is 227 g/mol. The van der Waals surface area contributed by atoms with Crippen LogP contribution in [0.3, 0.4) is 0 Å². The molecule has 0 aromatic heterocycles. The molecule has 1 aromatic rings. The van der Waals surface area contributed by atoms with Crippen LogP contribution >= 0.6 is 0 Å². The molecule has 0 bridgehead atoms. The quantitative estimate of drug-likeness (QED) is 0.820. The van der Waals surface area contributed by atoms with Gasteiger partial charge in [0.25, 0.3) is 0 Å². The van der Waals surface area contributed by atoms with E-state index in [1.165, 1.54) is 6.07 Å². The number of hydrogen-bond donors (Lipinski definition) is 1. The van der Waals surface area contributed by atoms with Gasteiger partial charge in [-0.15, -0.1) is 0 Å². The number of rotatable bonds is 5. The Labute approximate surface area is 95.7 Å². The summed E-state index contributed by atoms with van der Waals surface area (Å²) < 4.78 is 26.2. The molecule has 1 nitrogen and oxygen atoms in total. The summed E-state index contributed by atoms with van der Waals surface area (Å²) in [5, 5.41) is 0. The number of benzene rings is 1. The third kappa shape index (κ3) is 4.27. The molecular formula is C13H19F2N. The van der Waals surface area contributed by atoms with Crippen LogP contribution in [0.1, 0.15) is 32.3 Å². The van der Waals surface area contributed by atoms with Crippen molar-refractivity contribution in [3.8, 4) is 0 Å². The van der Waals surface area contributed by atoms with Crippen molar-refractivity contribution in [3.63, 3.8) is 0 Å². The van der Waals surface area contributed by atoms with Gasteiger partial charge in [0, 0.05) is 6.04 Å². The van der Waals surface area contributed by atoms with E-state index in [4.69, 9.17) is 5.73 Å². The van der Waals surface area contributed by atoms with Gasteiger partial charge < -0.3 is 5.73 Å². The summed E-state index contributed by atoms with van der Waals surface area (Å²) in [6, 6.07) is 3.40. The first kappa shape index (κ1) is 13.1. The van der Waals surface area contributed by atoms with E-state index >= 15 is 0 Å². The topological polar surface area (TPSA) is 26.0 Å². The van der Waals surface area contributed by atoms with Crippen molar-refractivity contribution in [3.05, 3.63) is 35.4 Å². The summed E-state index contributed by atoms with van der Waals surface area (Å²) in [6.07, 6.45) is 2.25. The first-order valence-electron chi connectivity index (χ1n) is 5.68. The highest BCUT2D eigenvalue weighted by atomic mass is 19.1. The molecule has 0 fully saturated rings. The highest BCUT2D eigenvalue weighted by Gasteiger charge is 2.10. The molecule has 0 radical (unpaired) electrons. The highest BCUT2D eigenvalue weighted by Crippen LogP contribution is 2.14. The third-order valence-corrected chi connectivity index (χ3v) is 2.60. The molecule has 3 heteroatoms. The number of hydrogen-bond acceptors (Lipinski definition) is 1. The van der Waals surface area contributed by atoms with Gasteiger partial charge in [0.2, 0.25) is 0 Å². The minimum absolute atomic E-state index is 0.0984. The number of halogens is 2. The lowest BCUT2D eigenvalue weighted by Gasteiger charge is -2.13. The lowest BCUT2D eigenvalue weighted by Crippen LogP contribution is -2.23. The molecule has 1 rings (SSSR count). The molecule has 1 atom stereocenters. The molecular weight excluding hydrogens is 208 g/mol. The minimum Gasteiger partial charge on any atom is -0.327 e. The summed E-state index contributed by atoms with van der Waals surface area (Å²) in [7, 11) is 0. The summed E-state index contributed by atoms with van der Waals surface area (Å²) in [6.45, 7) is 4.24. The molecule has 0 saturated carbocycles. The van der Waals surface area contributed by atoms with Crippen LogP contribution in [0.5, 0.6) is 0 Å². The molecule has 0 aliphatic rings. The van der Waals surface area contributed by atoms with Crippen molar-refractivity contribution in [2.75, 3.05) is 0 Å². The third-order valence-electron chi connectivity index (χ3n) is 2.60. The van der Waals surface area contributed by atoms with Crippen molar-refractivity contribution < 1.29 is 8.78 Å². The molecule has 0 saturated heterocycles. The van der Waals surface area contributed by atoms with E-state index in [1.54, 1.807) is 0 Å². The van der Waals surface area contributed by atoms with Gasteiger partial charge in [0.05, 0.1) is 0 Å². The second-order valence-electron chi connectivity index (χ2n) is 4.67. The van der Waals surface area contributed by atoms with Gasteiger partial charge >= 0.3 is 0 Å². The van der Waals surface area contributed by atoms with Crippen molar-refractivity contribution >= 4 is 0 Å². The highest BCUT2D eigenvalue weighted by molar-refractivity contribution is 5.19. The predicted octanol–water partition coefficient (Wildman–Crippen LogP) is 3.27. The van der Waals surface area contributed by atoms with Crippen LogP contribution in [0, 0.1) is 17.6 Å². The fourth-order valence-electron chi connectivity index (χ4n) is 1.63. The maximum absolute atomic E-state index is 13.3. The molecule has 16 heavy (non-hydrogen) atoms. The van der Waals surface area contributed by atoms with Crippen molar-refractivity contribution in [1.29, 1.82) is 0 Å². The Kier molecular flexibility index (Phi) is 4.87. The van der Waals surface area contributed by atoms with E-state index in [0.717, 1.165) is 25.0 Å². The molecule has 0 amide bonds. The Hall–Kier alpha value is -0.960. The molecule has 0 heterocycles. The first-order valence-corrected chi connectivity index (χ1v) is 5.68. The Bertz CT molecular complexity index is 337. The van der Waals surface area contributed by atoms with E-state index < -0.39 is 5.82 Å². The SMILES string of the molecule is CC(C)CCC(N)Cc1cc(F)ccc1F. The van der Waals surface area contributed by atoms with Crippen LogP contribution < -0.4 is 5.73 Å².